The van der Waals surface area contributed by atoms with Gasteiger partial charge >= 0.3 is 6.09 Å². The van der Waals surface area contributed by atoms with Crippen LogP contribution in [0.5, 0.6) is 0 Å². The quantitative estimate of drug-likeness (QED) is 0.128. The van der Waals surface area contributed by atoms with Crippen molar-refractivity contribution in [2.45, 2.75) is 84.6 Å². The molecule has 6 nitrogen and oxygen atoms in total. The molecule has 1 aromatic rings. The molecule has 2 amide bonds. The summed E-state index contributed by atoms with van der Waals surface area (Å²) in [7, 11) is 0. The minimum atomic E-state index is -0.527. The summed E-state index contributed by atoms with van der Waals surface area (Å²) in [6, 6.07) is 7.67. The predicted octanol–water partition coefficient (Wildman–Crippen LogP) is 7.47. The van der Waals surface area contributed by atoms with Gasteiger partial charge in [-0.25, -0.2) is 4.79 Å². The van der Waals surface area contributed by atoms with Crippen molar-refractivity contribution in [1.29, 1.82) is 0 Å². The zero-order valence-electron chi connectivity index (χ0n) is 24.4. The molecule has 0 bridgehead atoms. The predicted molar refractivity (Wildman–Crippen MR) is 160 cm³/mol. The summed E-state index contributed by atoms with van der Waals surface area (Å²) >= 11 is 1.67. The molecule has 38 heavy (non-hydrogen) atoms. The molecular formula is C31H48N2O4S. The second-order valence-electron chi connectivity index (χ2n) is 10.6. The summed E-state index contributed by atoms with van der Waals surface area (Å²) in [5, 5.41) is 5.55. The van der Waals surface area contributed by atoms with Gasteiger partial charge in [0.15, 0.2) is 0 Å². The molecule has 7 heteroatoms. The Balaban J connectivity index is 2.35. The highest BCUT2D eigenvalue weighted by Crippen LogP contribution is 2.23. The van der Waals surface area contributed by atoms with E-state index in [4.69, 9.17) is 9.47 Å². The van der Waals surface area contributed by atoms with E-state index in [1.807, 2.05) is 45.0 Å². The molecule has 0 spiro atoms. The summed E-state index contributed by atoms with van der Waals surface area (Å²) < 4.78 is 10.7. The van der Waals surface area contributed by atoms with E-state index in [0.717, 1.165) is 36.3 Å². The van der Waals surface area contributed by atoms with E-state index < -0.39 is 11.7 Å². The van der Waals surface area contributed by atoms with Crippen LogP contribution in [0, 0.1) is 0 Å². The number of amides is 2. The van der Waals surface area contributed by atoms with Crippen LogP contribution in [-0.2, 0) is 9.47 Å². The topological polar surface area (TPSA) is 76.7 Å². The minimum Gasteiger partial charge on any atom is -0.444 e. The van der Waals surface area contributed by atoms with E-state index in [1.165, 1.54) is 16.7 Å². The summed E-state index contributed by atoms with van der Waals surface area (Å²) in [6.07, 6.45) is 10.8. The number of rotatable bonds is 16. The van der Waals surface area contributed by atoms with Crippen LogP contribution in [0.1, 0.15) is 84.5 Å². The van der Waals surface area contributed by atoms with E-state index in [0.29, 0.717) is 31.9 Å². The maximum Gasteiger partial charge on any atom is 0.407 e. The largest absolute Gasteiger partial charge is 0.444 e. The summed E-state index contributed by atoms with van der Waals surface area (Å²) in [6.45, 7) is 15.6. The summed E-state index contributed by atoms with van der Waals surface area (Å²) in [5.74, 6) is 0.714. The summed E-state index contributed by atoms with van der Waals surface area (Å²) in [5.41, 5.74) is 4.34. The SMILES string of the molecule is CC(C)=CCCC(C)=CCCC(C)=CCSc1ccccc1C(=O)NCCOCCNC(=O)OC(C)(C)C. The lowest BCUT2D eigenvalue weighted by Crippen LogP contribution is -2.34. The zero-order valence-corrected chi connectivity index (χ0v) is 25.3. The fourth-order valence-electron chi connectivity index (χ4n) is 3.37. The first kappa shape index (κ1) is 33.5. The van der Waals surface area contributed by atoms with Crippen molar-refractivity contribution in [2.75, 3.05) is 32.1 Å². The second-order valence-corrected chi connectivity index (χ2v) is 11.6. The van der Waals surface area contributed by atoms with Gasteiger partial charge in [0, 0.05) is 23.7 Å². The van der Waals surface area contributed by atoms with Crippen molar-refractivity contribution in [3.63, 3.8) is 0 Å². The highest BCUT2D eigenvalue weighted by Gasteiger charge is 2.15. The van der Waals surface area contributed by atoms with E-state index in [1.54, 1.807) is 11.8 Å². The Bertz CT molecular complexity index is 957. The lowest BCUT2D eigenvalue weighted by molar-refractivity contribution is 0.0500. The number of ether oxygens (including phenoxy) is 2. The third kappa shape index (κ3) is 17.1. The van der Waals surface area contributed by atoms with Gasteiger partial charge in [0.25, 0.3) is 5.91 Å². The van der Waals surface area contributed by atoms with Gasteiger partial charge in [-0.1, -0.05) is 47.1 Å². The number of allylic oxidation sites excluding steroid dienone is 5. The Hall–Kier alpha value is -2.51. The molecule has 0 heterocycles. The van der Waals surface area contributed by atoms with Crippen molar-refractivity contribution in [1.82, 2.24) is 10.6 Å². The molecule has 212 valence electrons. The fourth-order valence-corrected chi connectivity index (χ4v) is 4.40. The number of alkyl carbamates (subject to hydrolysis) is 1. The number of carbonyl (C=O) groups is 2. The molecule has 0 aliphatic carbocycles. The number of hydrogen-bond donors (Lipinski definition) is 2. The maximum absolute atomic E-state index is 12.7. The Kier molecular flexibility index (Phi) is 16.5. The lowest BCUT2D eigenvalue weighted by atomic mass is 10.1. The standard InChI is InChI=1S/C31H48N2O4S/c1-24(2)12-10-13-25(3)14-11-15-26(4)18-23-38-28-17-9-8-16-27(28)29(34)32-19-21-36-22-20-33-30(35)37-31(5,6)7/h8-9,12,14,16-18H,10-11,13,15,19-23H2,1-7H3,(H,32,34)(H,33,35). The molecule has 0 atom stereocenters. The van der Waals surface area contributed by atoms with Gasteiger partial charge in [-0.2, -0.15) is 0 Å². The van der Waals surface area contributed by atoms with Crippen molar-refractivity contribution >= 4 is 23.8 Å². The van der Waals surface area contributed by atoms with Gasteiger partial charge in [0.1, 0.15) is 5.60 Å². The zero-order chi connectivity index (χ0) is 28.4. The van der Waals surface area contributed by atoms with Crippen LogP contribution in [-0.4, -0.2) is 49.7 Å². The van der Waals surface area contributed by atoms with Crippen molar-refractivity contribution in [3.05, 3.63) is 64.8 Å². The number of nitrogens with one attached hydrogen (secondary N) is 2. The molecule has 0 fully saturated rings. The normalized spacial score (nSPS) is 12.2. The van der Waals surface area contributed by atoms with E-state index in [-0.39, 0.29) is 5.91 Å². The van der Waals surface area contributed by atoms with Crippen molar-refractivity contribution < 1.29 is 19.1 Å². The molecule has 0 aliphatic rings. The number of thioether (sulfide) groups is 1. The average molecular weight is 545 g/mol. The van der Waals surface area contributed by atoms with Crippen molar-refractivity contribution in [3.8, 4) is 0 Å². The number of hydrogen-bond acceptors (Lipinski definition) is 5. The molecule has 2 N–H and O–H groups in total. The minimum absolute atomic E-state index is 0.113. The van der Waals surface area contributed by atoms with E-state index >= 15 is 0 Å². The fraction of sp³-hybridized carbons (Fsp3) is 0.548. The van der Waals surface area contributed by atoms with Gasteiger partial charge in [-0.3, -0.25) is 4.79 Å². The van der Waals surface area contributed by atoms with Crippen LogP contribution in [0.2, 0.25) is 0 Å². The Morgan fingerprint density at radius 3 is 2.13 bits per heavy atom. The first-order chi connectivity index (χ1) is 18.0. The highest BCUT2D eigenvalue weighted by atomic mass is 32.2. The Morgan fingerprint density at radius 1 is 0.868 bits per heavy atom. The summed E-state index contributed by atoms with van der Waals surface area (Å²) in [4.78, 5) is 25.3. The van der Waals surface area contributed by atoms with Crippen LogP contribution in [0.25, 0.3) is 0 Å². The maximum atomic E-state index is 12.7. The molecule has 0 unspecified atom stereocenters. The molecule has 1 aromatic carbocycles. The van der Waals surface area contributed by atoms with Gasteiger partial charge in [0.05, 0.1) is 18.8 Å². The lowest BCUT2D eigenvalue weighted by Gasteiger charge is -2.19. The first-order valence-corrected chi connectivity index (χ1v) is 14.5. The van der Waals surface area contributed by atoms with Crippen LogP contribution in [0.15, 0.2) is 64.1 Å². The van der Waals surface area contributed by atoms with E-state index in [9.17, 15) is 9.59 Å². The van der Waals surface area contributed by atoms with Crippen LogP contribution < -0.4 is 10.6 Å². The van der Waals surface area contributed by atoms with Crippen LogP contribution in [0.4, 0.5) is 4.79 Å². The average Bonchev–Trinajstić information content (AvgIpc) is 2.82. The Labute approximate surface area is 234 Å². The van der Waals surface area contributed by atoms with E-state index in [2.05, 4.69) is 56.6 Å². The highest BCUT2D eigenvalue weighted by molar-refractivity contribution is 7.99. The first-order valence-electron chi connectivity index (χ1n) is 13.5. The smallest absolute Gasteiger partial charge is 0.407 e. The molecule has 0 saturated heterocycles. The van der Waals surface area contributed by atoms with Crippen LogP contribution >= 0.6 is 11.8 Å². The van der Waals surface area contributed by atoms with Gasteiger partial charge in [-0.05, 0) is 86.3 Å². The Morgan fingerprint density at radius 2 is 1.47 bits per heavy atom. The third-order valence-electron chi connectivity index (χ3n) is 5.37. The molecule has 0 aromatic heterocycles. The van der Waals surface area contributed by atoms with Crippen molar-refractivity contribution in [2.24, 2.45) is 0 Å². The van der Waals surface area contributed by atoms with Gasteiger partial charge in [-0.15, -0.1) is 11.8 Å². The van der Waals surface area contributed by atoms with Gasteiger partial charge in [0.2, 0.25) is 0 Å². The molecular weight excluding hydrogens is 496 g/mol. The third-order valence-corrected chi connectivity index (χ3v) is 6.37. The number of carbonyl (C=O) groups excluding carboxylic acids is 2. The number of benzene rings is 1. The molecule has 0 saturated carbocycles. The monoisotopic (exact) mass is 544 g/mol. The second kappa shape index (κ2) is 18.7. The molecule has 0 aliphatic heterocycles. The molecule has 0 radical (unpaired) electrons. The van der Waals surface area contributed by atoms with Crippen LogP contribution in [0.3, 0.4) is 0 Å². The van der Waals surface area contributed by atoms with Gasteiger partial charge < -0.3 is 20.1 Å². The molecule has 1 rings (SSSR count).